The number of rotatable bonds is 5. The zero-order chi connectivity index (χ0) is 20.8. The van der Waals surface area contributed by atoms with E-state index in [0.717, 1.165) is 6.08 Å². The van der Waals surface area contributed by atoms with Gasteiger partial charge in [0.2, 0.25) is 5.91 Å². The fourth-order valence-corrected chi connectivity index (χ4v) is 2.82. The van der Waals surface area contributed by atoms with Gasteiger partial charge in [-0.15, -0.1) is 0 Å². The van der Waals surface area contributed by atoms with Crippen molar-refractivity contribution in [1.29, 1.82) is 0 Å². The summed E-state index contributed by atoms with van der Waals surface area (Å²) >= 11 is 16.8. The molecule has 0 heterocycles. The van der Waals surface area contributed by atoms with Gasteiger partial charge in [-0.1, -0.05) is 35.3 Å². The molecule has 0 aliphatic heterocycles. The summed E-state index contributed by atoms with van der Waals surface area (Å²) < 4.78 is 0. The Morgan fingerprint density at radius 1 is 1.21 bits per heavy atom. The van der Waals surface area contributed by atoms with Gasteiger partial charge in [0, 0.05) is 23.2 Å². The number of hydrogen-bond donors (Lipinski definition) is 3. The summed E-state index contributed by atoms with van der Waals surface area (Å²) in [6.45, 7) is 0. The highest BCUT2D eigenvalue weighted by Crippen LogP contribution is 2.30. The van der Waals surface area contributed by atoms with Crippen molar-refractivity contribution in [2.75, 3.05) is 5.32 Å². The third-order valence-electron chi connectivity index (χ3n) is 3.27. The summed E-state index contributed by atoms with van der Waals surface area (Å²) in [5, 5.41) is 24.8. The Hall–Kier alpha value is -3.01. The quantitative estimate of drug-likeness (QED) is 0.277. The third kappa shape index (κ3) is 5.74. The number of carboxylic acids is 1. The minimum absolute atomic E-state index is 0.00800. The van der Waals surface area contributed by atoms with Gasteiger partial charge in [0.1, 0.15) is 0 Å². The summed E-state index contributed by atoms with van der Waals surface area (Å²) in [6, 6.07) is 8.20. The zero-order valence-electron chi connectivity index (χ0n) is 13.8. The number of thiocarbonyl (C=S) groups is 1. The van der Waals surface area contributed by atoms with Crippen LogP contribution in [-0.2, 0) is 4.79 Å². The predicted molar refractivity (Wildman–Crippen MR) is 110 cm³/mol. The Morgan fingerprint density at radius 2 is 1.93 bits per heavy atom. The van der Waals surface area contributed by atoms with Crippen LogP contribution in [0.5, 0.6) is 0 Å². The van der Waals surface area contributed by atoms with Gasteiger partial charge >= 0.3 is 5.97 Å². The van der Waals surface area contributed by atoms with E-state index < -0.39 is 16.8 Å². The van der Waals surface area contributed by atoms with Crippen molar-refractivity contribution >= 4 is 69.9 Å². The van der Waals surface area contributed by atoms with Crippen LogP contribution in [0.25, 0.3) is 6.08 Å². The topological polar surface area (TPSA) is 122 Å². The number of carbonyl (C=O) groups is 2. The molecule has 0 aliphatic rings. The number of nitrogens with zero attached hydrogens (tertiary/aromatic N) is 1. The molecule has 11 heteroatoms. The Labute approximate surface area is 173 Å². The number of non-ortho nitro benzene ring substituents is 1. The molecule has 0 bridgehead atoms. The van der Waals surface area contributed by atoms with E-state index in [1.165, 1.54) is 36.4 Å². The fourth-order valence-electron chi connectivity index (χ4n) is 2.08. The van der Waals surface area contributed by atoms with E-state index in [-0.39, 0.29) is 32.1 Å². The van der Waals surface area contributed by atoms with Gasteiger partial charge in [-0.2, -0.15) is 0 Å². The maximum atomic E-state index is 12.0. The smallest absolute Gasteiger partial charge is 0.337 e. The molecule has 0 unspecified atom stereocenters. The standard InChI is InChI=1S/C17H11Cl2N3O5S/c18-10-7-12(16(24)25)15(13(19)8-10)21-17(28)20-14(23)5-4-9-2-1-3-11(6-9)22(26)27/h1-8H,(H,24,25)(H2,20,21,23,28). The van der Waals surface area contributed by atoms with Gasteiger partial charge in [-0.3, -0.25) is 20.2 Å². The van der Waals surface area contributed by atoms with Crippen LogP contribution in [0, 0.1) is 10.1 Å². The molecule has 0 aromatic heterocycles. The molecule has 0 saturated carbocycles. The average Bonchev–Trinajstić information content (AvgIpc) is 2.62. The van der Waals surface area contributed by atoms with Crippen molar-refractivity contribution in [3.8, 4) is 0 Å². The van der Waals surface area contributed by atoms with E-state index in [0.29, 0.717) is 5.56 Å². The number of benzene rings is 2. The fraction of sp³-hybridized carbons (Fsp3) is 0. The minimum atomic E-state index is -1.29. The van der Waals surface area contributed by atoms with Gasteiger partial charge in [0.25, 0.3) is 5.69 Å². The van der Waals surface area contributed by atoms with Crippen molar-refractivity contribution in [2.24, 2.45) is 0 Å². The van der Waals surface area contributed by atoms with Gasteiger partial charge in [-0.25, -0.2) is 4.79 Å². The van der Waals surface area contributed by atoms with Crippen molar-refractivity contribution in [3.63, 3.8) is 0 Å². The van der Waals surface area contributed by atoms with E-state index >= 15 is 0 Å². The third-order valence-corrected chi connectivity index (χ3v) is 3.99. The van der Waals surface area contributed by atoms with Gasteiger partial charge in [-0.05, 0) is 36.0 Å². The molecule has 1 amide bonds. The summed E-state index contributed by atoms with van der Waals surface area (Å²) in [6.07, 6.45) is 2.48. The lowest BCUT2D eigenvalue weighted by molar-refractivity contribution is -0.384. The Kier molecular flexibility index (Phi) is 7.05. The monoisotopic (exact) mass is 439 g/mol. The molecule has 0 saturated heterocycles. The first-order valence-electron chi connectivity index (χ1n) is 7.44. The number of halogens is 2. The molecule has 0 spiro atoms. The molecule has 2 rings (SSSR count). The molecular weight excluding hydrogens is 429 g/mol. The zero-order valence-corrected chi connectivity index (χ0v) is 16.1. The minimum Gasteiger partial charge on any atom is -0.478 e. The summed E-state index contributed by atoms with van der Waals surface area (Å²) in [5.41, 5.74) is 0.0863. The van der Waals surface area contributed by atoms with Gasteiger partial charge in [0.05, 0.1) is 21.2 Å². The predicted octanol–water partition coefficient (Wildman–Crippen LogP) is 4.13. The number of nitro benzene ring substituents is 1. The summed E-state index contributed by atoms with van der Waals surface area (Å²) in [7, 11) is 0. The number of amides is 1. The van der Waals surface area contributed by atoms with E-state index in [1.54, 1.807) is 6.07 Å². The Bertz CT molecular complexity index is 1010. The van der Waals surface area contributed by atoms with Crippen LogP contribution >= 0.6 is 35.4 Å². The number of anilines is 1. The second-order valence-electron chi connectivity index (χ2n) is 5.24. The lowest BCUT2D eigenvalue weighted by Gasteiger charge is -2.13. The lowest BCUT2D eigenvalue weighted by Crippen LogP contribution is -2.33. The van der Waals surface area contributed by atoms with Crippen LogP contribution in [-0.4, -0.2) is 27.0 Å². The van der Waals surface area contributed by atoms with Gasteiger partial charge in [0.15, 0.2) is 5.11 Å². The first-order valence-corrected chi connectivity index (χ1v) is 8.60. The molecule has 0 fully saturated rings. The van der Waals surface area contributed by atoms with Crippen molar-refractivity contribution in [3.05, 3.63) is 73.8 Å². The molecule has 8 nitrogen and oxygen atoms in total. The van der Waals surface area contributed by atoms with Crippen molar-refractivity contribution in [2.45, 2.75) is 0 Å². The number of aromatic carboxylic acids is 1. The largest absolute Gasteiger partial charge is 0.478 e. The molecule has 28 heavy (non-hydrogen) atoms. The van der Waals surface area contributed by atoms with Crippen LogP contribution in [0.2, 0.25) is 10.0 Å². The first kappa shape index (κ1) is 21.3. The number of hydrogen-bond acceptors (Lipinski definition) is 5. The normalized spacial score (nSPS) is 10.5. The van der Waals surface area contributed by atoms with E-state index in [4.69, 9.17) is 35.4 Å². The molecule has 2 aromatic rings. The highest BCUT2D eigenvalue weighted by Gasteiger charge is 2.16. The Morgan fingerprint density at radius 3 is 2.57 bits per heavy atom. The van der Waals surface area contributed by atoms with Crippen LogP contribution < -0.4 is 10.6 Å². The van der Waals surface area contributed by atoms with Crippen LogP contribution in [0.3, 0.4) is 0 Å². The average molecular weight is 440 g/mol. The summed E-state index contributed by atoms with van der Waals surface area (Å²) in [5.74, 6) is -1.92. The van der Waals surface area contributed by atoms with E-state index in [2.05, 4.69) is 10.6 Å². The van der Waals surface area contributed by atoms with Crippen molar-refractivity contribution in [1.82, 2.24) is 5.32 Å². The maximum absolute atomic E-state index is 12.0. The van der Waals surface area contributed by atoms with Crippen LogP contribution in [0.4, 0.5) is 11.4 Å². The van der Waals surface area contributed by atoms with E-state index in [9.17, 15) is 24.8 Å². The SMILES string of the molecule is O=C(C=Cc1cccc([N+](=O)[O-])c1)NC(=S)Nc1c(Cl)cc(Cl)cc1C(=O)O. The lowest BCUT2D eigenvalue weighted by atomic mass is 10.2. The molecular formula is C17H11Cl2N3O5S. The van der Waals surface area contributed by atoms with Gasteiger partial charge < -0.3 is 10.4 Å². The van der Waals surface area contributed by atoms with E-state index in [1.807, 2.05) is 0 Å². The number of nitro groups is 1. The second kappa shape index (κ2) is 9.27. The Balaban J connectivity index is 2.08. The number of carboxylic acid groups (broad SMARTS) is 1. The highest BCUT2D eigenvalue weighted by molar-refractivity contribution is 7.80. The summed E-state index contributed by atoms with van der Waals surface area (Å²) in [4.78, 5) is 33.5. The molecule has 2 aromatic carbocycles. The number of nitrogens with one attached hydrogen (secondary N) is 2. The first-order chi connectivity index (χ1) is 13.2. The molecule has 0 atom stereocenters. The second-order valence-corrected chi connectivity index (χ2v) is 6.50. The molecule has 0 aliphatic carbocycles. The molecule has 0 radical (unpaired) electrons. The molecule has 3 N–H and O–H groups in total. The maximum Gasteiger partial charge on any atom is 0.337 e. The van der Waals surface area contributed by atoms with Crippen molar-refractivity contribution < 1.29 is 19.6 Å². The highest BCUT2D eigenvalue weighted by atomic mass is 35.5. The van der Waals surface area contributed by atoms with Crippen LogP contribution in [0.15, 0.2) is 42.5 Å². The number of carbonyl (C=O) groups excluding carboxylic acids is 1. The molecule has 144 valence electrons. The van der Waals surface area contributed by atoms with Crippen LogP contribution in [0.1, 0.15) is 15.9 Å².